The van der Waals surface area contributed by atoms with E-state index in [1.165, 1.54) is 16.7 Å². The van der Waals surface area contributed by atoms with Gasteiger partial charge in [0.25, 0.3) is 0 Å². The van der Waals surface area contributed by atoms with Crippen LogP contribution in [-0.2, 0) is 24.2 Å². The minimum atomic E-state index is -0.108. The third-order valence-electron chi connectivity index (χ3n) is 5.45. The van der Waals surface area contributed by atoms with Gasteiger partial charge in [0.2, 0.25) is 5.91 Å². The first kappa shape index (κ1) is 16.9. The smallest absolute Gasteiger partial charge is 0.241 e. The molecule has 0 aromatic heterocycles. The van der Waals surface area contributed by atoms with Crippen molar-refractivity contribution in [3.8, 4) is 11.5 Å². The molecule has 1 amide bonds. The molecule has 0 bridgehead atoms. The van der Waals surface area contributed by atoms with Crippen molar-refractivity contribution in [2.75, 3.05) is 26.1 Å². The molecule has 0 radical (unpaired) electrons. The molecule has 2 aromatic carbocycles. The van der Waals surface area contributed by atoms with Crippen LogP contribution in [-0.4, -0.2) is 37.6 Å². The molecule has 5 nitrogen and oxygen atoms in total. The third kappa shape index (κ3) is 3.03. The lowest BCUT2D eigenvalue weighted by molar-refractivity contribution is -0.121. The highest BCUT2D eigenvalue weighted by Gasteiger charge is 2.31. The van der Waals surface area contributed by atoms with Gasteiger partial charge < -0.3 is 14.8 Å². The fourth-order valence-electron chi connectivity index (χ4n) is 4.02. The van der Waals surface area contributed by atoms with E-state index in [1.54, 1.807) is 14.2 Å². The van der Waals surface area contributed by atoms with Gasteiger partial charge in [-0.2, -0.15) is 0 Å². The Morgan fingerprint density at radius 3 is 2.50 bits per heavy atom. The first-order valence-electron chi connectivity index (χ1n) is 9.06. The maximum absolute atomic E-state index is 12.8. The van der Waals surface area contributed by atoms with Crippen LogP contribution in [0, 0.1) is 0 Å². The summed E-state index contributed by atoms with van der Waals surface area (Å²) in [5.41, 5.74) is 4.65. The van der Waals surface area contributed by atoms with Crippen molar-refractivity contribution in [2.24, 2.45) is 0 Å². The van der Waals surface area contributed by atoms with E-state index in [0.717, 1.165) is 49.5 Å². The van der Waals surface area contributed by atoms with Gasteiger partial charge in [0, 0.05) is 18.8 Å². The van der Waals surface area contributed by atoms with Crippen molar-refractivity contribution in [3.05, 3.63) is 53.1 Å². The third-order valence-corrected chi connectivity index (χ3v) is 5.45. The van der Waals surface area contributed by atoms with Gasteiger partial charge in [0.1, 0.15) is 0 Å². The molecule has 2 aliphatic rings. The molecule has 2 aromatic rings. The first-order chi connectivity index (χ1) is 12.7. The second-order valence-corrected chi connectivity index (χ2v) is 6.90. The summed E-state index contributed by atoms with van der Waals surface area (Å²) >= 11 is 0. The topological polar surface area (TPSA) is 50.8 Å². The number of hydrogen-bond donors (Lipinski definition) is 1. The molecule has 26 heavy (non-hydrogen) atoms. The number of fused-ring (bicyclic) bond motifs is 2. The van der Waals surface area contributed by atoms with Crippen LogP contribution in [0.2, 0.25) is 0 Å². The number of aryl methyl sites for hydroxylation is 1. The molecule has 0 fully saturated rings. The molecule has 2 aliphatic heterocycles. The molecule has 0 aliphatic carbocycles. The Morgan fingerprint density at radius 1 is 1.00 bits per heavy atom. The van der Waals surface area contributed by atoms with Crippen LogP contribution >= 0.6 is 0 Å². The Kier molecular flexibility index (Phi) is 4.55. The van der Waals surface area contributed by atoms with Crippen LogP contribution in [0.3, 0.4) is 0 Å². The minimum Gasteiger partial charge on any atom is -0.493 e. The normalized spacial score (nSPS) is 19.8. The van der Waals surface area contributed by atoms with Gasteiger partial charge in [-0.1, -0.05) is 18.2 Å². The van der Waals surface area contributed by atoms with E-state index in [9.17, 15) is 4.79 Å². The number of benzene rings is 2. The number of methoxy groups -OCH3 is 2. The number of para-hydroxylation sites is 1. The number of carbonyl (C=O) groups excluding carboxylic acids is 1. The van der Waals surface area contributed by atoms with Gasteiger partial charge in [0.15, 0.2) is 11.5 Å². The predicted octanol–water partition coefficient (Wildman–Crippen LogP) is 3.02. The van der Waals surface area contributed by atoms with E-state index >= 15 is 0 Å². The van der Waals surface area contributed by atoms with E-state index in [-0.39, 0.29) is 11.9 Å². The zero-order valence-electron chi connectivity index (χ0n) is 15.2. The zero-order chi connectivity index (χ0) is 18.1. The number of carbonyl (C=O) groups is 1. The second-order valence-electron chi connectivity index (χ2n) is 6.90. The standard InChI is InChI=1S/C21H24N2O3/c1-25-19-11-15-9-10-23(13-16(15)12-20(19)26-2)18-8-7-14-5-3-4-6-17(14)22-21(18)24/h3-6,11-12,18H,7-10,13H2,1-2H3,(H,22,24). The van der Waals surface area contributed by atoms with Crippen LogP contribution < -0.4 is 14.8 Å². The summed E-state index contributed by atoms with van der Waals surface area (Å²) in [7, 11) is 3.31. The summed E-state index contributed by atoms with van der Waals surface area (Å²) in [5, 5.41) is 3.11. The molecule has 0 spiro atoms. The minimum absolute atomic E-state index is 0.0962. The summed E-state index contributed by atoms with van der Waals surface area (Å²) in [6, 6.07) is 12.1. The van der Waals surface area contributed by atoms with E-state index < -0.39 is 0 Å². The Labute approximate surface area is 153 Å². The molecule has 1 atom stereocenters. The van der Waals surface area contributed by atoms with Gasteiger partial charge >= 0.3 is 0 Å². The molecule has 2 heterocycles. The van der Waals surface area contributed by atoms with Crippen LogP contribution in [0.5, 0.6) is 11.5 Å². The van der Waals surface area contributed by atoms with Gasteiger partial charge in [-0.25, -0.2) is 0 Å². The SMILES string of the molecule is COc1cc2c(cc1OC)CN(C1CCc3ccccc3NC1=O)CC2. The van der Waals surface area contributed by atoms with E-state index in [0.29, 0.717) is 0 Å². The molecule has 4 rings (SSSR count). The molecule has 5 heteroatoms. The van der Waals surface area contributed by atoms with Gasteiger partial charge in [0.05, 0.1) is 20.3 Å². The fourth-order valence-corrected chi connectivity index (χ4v) is 4.02. The van der Waals surface area contributed by atoms with E-state index in [4.69, 9.17) is 9.47 Å². The summed E-state index contributed by atoms with van der Waals surface area (Å²) in [6.07, 6.45) is 2.66. The number of rotatable bonds is 3. The maximum Gasteiger partial charge on any atom is 0.241 e. The van der Waals surface area contributed by atoms with Crippen molar-refractivity contribution < 1.29 is 14.3 Å². The number of amides is 1. The van der Waals surface area contributed by atoms with Gasteiger partial charge in [-0.3, -0.25) is 9.69 Å². The highest BCUT2D eigenvalue weighted by Crippen LogP contribution is 2.34. The summed E-state index contributed by atoms with van der Waals surface area (Å²) < 4.78 is 10.9. The van der Waals surface area contributed by atoms with Crippen molar-refractivity contribution in [3.63, 3.8) is 0 Å². The maximum atomic E-state index is 12.8. The van der Waals surface area contributed by atoms with Crippen LogP contribution in [0.25, 0.3) is 0 Å². The van der Waals surface area contributed by atoms with E-state index in [2.05, 4.69) is 22.3 Å². The van der Waals surface area contributed by atoms with Crippen LogP contribution in [0.1, 0.15) is 23.1 Å². The summed E-state index contributed by atoms with van der Waals surface area (Å²) in [6.45, 7) is 1.63. The average Bonchev–Trinajstić information content (AvgIpc) is 2.84. The lowest BCUT2D eigenvalue weighted by atomic mass is 9.96. The van der Waals surface area contributed by atoms with Crippen molar-refractivity contribution >= 4 is 11.6 Å². The average molecular weight is 352 g/mol. The van der Waals surface area contributed by atoms with Crippen LogP contribution in [0.15, 0.2) is 36.4 Å². The zero-order valence-corrected chi connectivity index (χ0v) is 15.2. The largest absolute Gasteiger partial charge is 0.493 e. The molecular formula is C21H24N2O3. The Morgan fingerprint density at radius 2 is 1.73 bits per heavy atom. The number of nitrogens with zero attached hydrogens (tertiary/aromatic N) is 1. The van der Waals surface area contributed by atoms with Crippen molar-refractivity contribution in [1.29, 1.82) is 0 Å². The lowest BCUT2D eigenvalue weighted by Crippen LogP contribution is -2.45. The summed E-state index contributed by atoms with van der Waals surface area (Å²) in [5.74, 6) is 1.60. The Bertz CT molecular complexity index is 834. The number of ether oxygens (including phenoxy) is 2. The van der Waals surface area contributed by atoms with E-state index in [1.807, 2.05) is 24.3 Å². The highest BCUT2D eigenvalue weighted by molar-refractivity contribution is 5.96. The molecule has 136 valence electrons. The molecule has 0 saturated heterocycles. The highest BCUT2D eigenvalue weighted by atomic mass is 16.5. The van der Waals surface area contributed by atoms with Gasteiger partial charge in [-0.05, 0) is 54.2 Å². The number of anilines is 1. The Balaban J connectivity index is 1.56. The monoisotopic (exact) mass is 352 g/mol. The first-order valence-corrected chi connectivity index (χ1v) is 9.06. The second kappa shape index (κ2) is 7.00. The van der Waals surface area contributed by atoms with Crippen LogP contribution in [0.4, 0.5) is 5.69 Å². The number of nitrogens with one attached hydrogen (secondary N) is 1. The lowest BCUT2D eigenvalue weighted by Gasteiger charge is -2.34. The predicted molar refractivity (Wildman–Crippen MR) is 101 cm³/mol. The summed E-state index contributed by atoms with van der Waals surface area (Å²) in [4.78, 5) is 15.1. The molecular weight excluding hydrogens is 328 g/mol. The molecule has 1 unspecified atom stereocenters. The quantitative estimate of drug-likeness (QED) is 0.923. The van der Waals surface area contributed by atoms with Crippen molar-refractivity contribution in [1.82, 2.24) is 4.90 Å². The number of hydrogen-bond acceptors (Lipinski definition) is 4. The fraction of sp³-hybridized carbons (Fsp3) is 0.381. The van der Waals surface area contributed by atoms with Gasteiger partial charge in [-0.15, -0.1) is 0 Å². The Hall–Kier alpha value is -2.53. The van der Waals surface area contributed by atoms with Crippen molar-refractivity contribution in [2.45, 2.75) is 31.8 Å². The molecule has 0 saturated carbocycles. The molecule has 1 N–H and O–H groups in total.